The molecule has 112 valence electrons. The SMILES string of the molecule is CC1C(N)CCC(CN2CCS(=O)(=O)CC2)C1(C)C. The van der Waals surface area contributed by atoms with Crippen LogP contribution in [0, 0.1) is 17.3 Å². The van der Waals surface area contributed by atoms with Crippen LogP contribution in [0.3, 0.4) is 0 Å². The normalized spacial score (nSPS) is 39.1. The van der Waals surface area contributed by atoms with Gasteiger partial charge in [0.05, 0.1) is 11.5 Å². The van der Waals surface area contributed by atoms with Crippen molar-refractivity contribution in [1.82, 2.24) is 4.90 Å². The minimum Gasteiger partial charge on any atom is -0.327 e. The first-order valence-corrected chi connectivity index (χ1v) is 9.23. The van der Waals surface area contributed by atoms with E-state index < -0.39 is 9.84 Å². The zero-order valence-electron chi connectivity index (χ0n) is 12.4. The number of nitrogens with two attached hydrogens (primary N) is 1. The summed E-state index contributed by atoms with van der Waals surface area (Å²) in [6.45, 7) is 9.34. The summed E-state index contributed by atoms with van der Waals surface area (Å²) in [7, 11) is -2.77. The first-order valence-electron chi connectivity index (χ1n) is 7.41. The first kappa shape index (κ1) is 15.3. The number of hydrogen-bond donors (Lipinski definition) is 1. The summed E-state index contributed by atoms with van der Waals surface area (Å²) in [6, 6.07) is 0.313. The molecule has 5 heteroatoms. The fourth-order valence-corrected chi connectivity index (χ4v) is 4.79. The lowest BCUT2D eigenvalue weighted by Gasteiger charge is -2.48. The fraction of sp³-hybridized carbons (Fsp3) is 1.00. The van der Waals surface area contributed by atoms with Gasteiger partial charge in [0, 0.05) is 25.7 Å². The molecular formula is C14H28N2O2S. The van der Waals surface area contributed by atoms with Crippen molar-refractivity contribution in [2.45, 2.75) is 39.7 Å². The van der Waals surface area contributed by atoms with Gasteiger partial charge < -0.3 is 10.6 Å². The Morgan fingerprint density at radius 3 is 2.37 bits per heavy atom. The van der Waals surface area contributed by atoms with Crippen LogP contribution in [0.4, 0.5) is 0 Å². The lowest BCUT2D eigenvalue weighted by Crippen LogP contribution is -2.51. The van der Waals surface area contributed by atoms with Gasteiger partial charge in [-0.2, -0.15) is 0 Å². The molecule has 1 aliphatic heterocycles. The third kappa shape index (κ3) is 3.31. The van der Waals surface area contributed by atoms with Crippen LogP contribution in [0.5, 0.6) is 0 Å². The molecule has 0 aromatic carbocycles. The van der Waals surface area contributed by atoms with Crippen molar-refractivity contribution in [3.05, 3.63) is 0 Å². The molecule has 2 aliphatic rings. The predicted molar refractivity (Wildman–Crippen MR) is 78.7 cm³/mol. The summed E-state index contributed by atoms with van der Waals surface area (Å²) >= 11 is 0. The smallest absolute Gasteiger partial charge is 0.152 e. The number of nitrogens with zero attached hydrogens (tertiary/aromatic N) is 1. The van der Waals surface area contributed by atoms with E-state index >= 15 is 0 Å². The van der Waals surface area contributed by atoms with Crippen LogP contribution in [0.2, 0.25) is 0 Å². The molecule has 19 heavy (non-hydrogen) atoms. The van der Waals surface area contributed by atoms with E-state index in [9.17, 15) is 8.42 Å². The molecule has 1 saturated carbocycles. The maximum atomic E-state index is 11.5. The topological polar surface area (TPSA) is 63.4 Å². The summed E-state index contributed by atoms with van der Waals surface area (Å²) in [4.78, 5) is 2.33. The molecule has 3 atom stereocenters. The molecule has 3 unspecified atom stereocenters. The zero-order valence-corrected chi connectivity index (χ0v) is 13.2. The van der Waals surface area contributed by atoms with E-state index in [1.807, 2.05) is 0 Å². The highest BCUT2D eigenvalue weighted by molar-refractivity contribution is 7.91. The molecule has 0 spiro atoms. The summed E-state index contributed by atoms with van der Waals surface area (Å²) in [5, 5.41) is 0. The molecule has 2 fully saturated rings. The third-order valence-electron chi connectivity index (χ3n) is 5.63. The largest absolute Gasteiger partial charge is 0.327 e. The van der Waals surface area contributed by atoms with Crippen LogP contribution in [0.1, 0.15) is 33.6 Å². The Kier molecular flexibility index (Phi) is 4.29. The molecule has 0 aromatic heterocycles. The van der Waals surface area contributed by atoms with Crippen LogP contribution < -0.4 is 5.73 Å². The molecule has 1 aliphatic carbocycles. The van der Waals surface area contributed by atoms with E-state index in [-0.39, 0.29) is 5.41 Å². The van der Waals surface area contributed by atoms with E-state index in [1.54, 1.807) is 0 Å². The Morgan fingerprint density at radius 2 is 1.79 bits per heavy atom. The highest BCUT2D eigenvalue weighted by atomic mass is 32.2. The molecule has 0 aromatic rings. The van der Waals surface area contributed by atoms with Gasteiger partial charge in [-0.3, -0.25) is 0 Å². The Hall–Kier alpha value is -0.130. The molecule has 0 radical (unpaired) electrons. The molecule has 1 heterocycles. The van der Waals surface area contributed by atoms with Gasteiger partial charge in [-0.1, -0.05) is 20.8 Å². The molecule has 2 rings (SSSR count). The first-order chi connectivity index (χ1) is 8.72. The van der Waals surface area contributed by atoms with Gasteiger partial charge in [0.2, 0.25) is 0 Å². The van der Waals surface area contributed by atoms with E-state index in [4.69, 9.17) is 5.73 Å². The molecule has 0 amide bonds. The van der Waals surface area contributed by atoms with Crippen LogP contribution in [-0.4, -0.2) is 50.5 Å². The third-order valence-corrected chi connectivity index (χ3v) is 7.24. The van der Waals surface area contributed by atoms with Crippen molar-refractivity contribution in [3.63, 3.8) is 0 Å². The molecular weight excluding hydrogens is 260 g/mol. The second-order valence-electron chi connectivity index (χ2n) is 7.00. The Balaban J connectivity index is 1.96. The summed E-state index contributed by atoms with van der Waals surface area (Å²) in [5.41, 5.74) is 6.44. The van der Waals surface area contributed by atoms with Gasteiger partial charge in [-0.25, -0.2) is 8.42 Å². The predicted octanol–water partition coefficient (Wildman–Crippen LogP) is 1.12. The van der Waals surface area contributed by atoms with Crippen molar-refractivity contribution < 1.29 is 8.42 Å². The summed E-state index contributed by atoms with van der Waals surface area (Å²) in [6.07, 6.45) is 2.27. The Morgan fingerprint density at radius 1 is 1.21 bits per heavy atom. The maximum Gasteiger partial charge on any atom is 0.152 e. The van der Waals surface area contributed by atoms with Crippen molar-refractivity contribution in [1.29, 1.82) is 0 Å². The summed E-state index contributed by atoms with van der Waals surface area (Å²) in [5.74, 6) is 1.81. The van der Waals surface area contributed by atoms with Crippen LogP contribution in [-0.2, 0) is 9.84 Å². The molecule has 0 bridgehead atoms. The van der Waals surface area contributed by atoms with Crippen LogP contribution in [0.15, 0.2) is 0 Å². The minimum absolute atomic E-state index is 0.244. The second-order valence-corrected chi connectivity index (χ2v) is 9.30. The van der Waals surface area contributed by atoms with Crippen molar-refractivity contribution in [2.75, 3.05) is 31.1 Å². The Bertz CT molecular complexity index is 405. The highest BCUT2D eigenvalue weighted by Crippen LogP contribution is 2.44. The van der Waals surface area contributed by atoms with Gasteiger partial charge >= 0.3 is 0 Å². The second kappa shape index (κ2) is 5.34. The number of hydrogen-bond acceptors (Lipinski definition) is 4. The molecule has 1 saturated heterocycles. The van der Waals surface area contributed by atoms with E-state index in [1.165, 1.54) is 6.42 Å². The molecule has 2 N–H and O–H groups in total. The quantitative estimate of drug-likeness (QED) is 0.827. The monoisotopic (exact) mass is 288 g/mol. The summed E-state index contributed by atoms with van der Waals surface area (Å²) < 4.78 is 22.9. The Labute approximate surface area is 117 Å². The zero-order chi connectivity index (χ0) is 14.3. The minimum atomic E-state index is -2.77. The van der Waals surface area contributed by atoms with E-state index in [0.717, 1.165) is 13.0 Å². The van der Waals surface area contributed by atoms with Crippen molar-refractivity contribution in [2.24, 2.45) is 23.0 Å². The lowest BCUT2D eigenvalue weighted by molar-refractivity contribution is 0.0304. The average molecular weight is 288 g/mol. The van der Waals surface area contributed by atoms with Crippen molar-refractivity contribution in [3.8, 4) is 0 Å². The van der Waals surface area contributed by atoms with E-state index in [0.29, 0.717) is 42.5 Å². The highest BCUT2D eigenvalue weighted by Gasteiger charge is 2.42. The standard InChI is InChI=1S/C14H28N2O2S/c1-11-13(15)5-4-12(14(11,2)3)10-16-6-8-19(17,18)9-7-16/h11-13H,4-10,15H2,1-3H3. The van der Waals surface area contributed by atoms with Crippen molar-refractivity contribution >= 4 is 9.84 Å². The maximum absolute atomic E-state index is 11.5. The van der Waals surface area contributed by atoms with Gasteiger partial charge in [0.15, 0.2) is 9.84 Å². The number of rotatable bonds is 2. The van der Waals surface area contributed by atoms with E-state index in [2.05, 4.69) is 25.7 Å². The van der Waals surface area contributed by atoms with Gasteiger partial charge in [-0.15, -0.1) is 0 Å². The van der Waals surface area contributed by atoms with Crippen LogP contribution >= 0.6 is 0 Å². The van der Waals surface area contributed by atoms with Gasteiger partial charge in [0.1, 0.15) is 0 Å². The fourth-order valence-electron chi connectivity index (χ4n) is 3.51. The van der Waals surface area contributed by atoms with Gasteiger partial charge in [0.25, 0.3) is 0 Å². The average Bonchev–Trinajstić information content (AvgIpc) is 2.33. The lowest BCUT2D eigenvalue weighted by atomic mass is 9.61. The van der Waals surface area contributed by atoms with Gasteiger partial charge in [-0.05, 0) is 30.1 Å². The van der Waals surface area contributed by atoms with Crippen LogP contribution in [0.25, 0.3) is 0 Å². The molecule has 4 nitrogen and oxygen atoms in total. The number of sulfone groups is 1.